The molecule has 0 aliphatic carbocycles. The zero-order chi connectivity index (χ0) is 13.7. The van der Waals surface area contributed by atoms with Crippen molar-refractivity contribution in [3.05, 3.63) is 37.1 Å². The molecule has 0 unspecified atom stereocenters. The summed E-state index contributed by atoms with van der Waals surface area (Å²) in [5, 5.41) is 13.7. The number of rotatable bonds is 6. The van der Waals surface area contributed by atoms with Crippen molar-refractivity contribution in [1.82, 2.24) is 14.9 Å². The molecule has 0 radical (unpaired) electrons. The molecule has 1 heterocycles. The first-order valence-electron chi connectivity index (χ1n) is 5.63. The van der Waals surface area contributed by atoms with E-state index in [1.807, 2.05) is 18.8 Å². The Morgan fingerprint density at radius 1 is 1.50 bits per heavy atom. The SMILES string of the molecule is CC(C)NCCCn1cc([N+](=O)[O-])c(=O)[nH]c1=O. The predicted octanol–water partition coefficient (Wildman–Crippen LogP) is -0.167. The fraction of sp³-hybridized carbons (Fsp3) is 0.600. The van der Waals surface area contributed by atoms with Crippen LogP contribution in [0, 0.1) is 10.1 Å². The summed E-state index contributed by atoms with van der Waals surface area (Å²) >= 11 is 0. The maximum atomic E-state index is 11.4. The number of nitrogens with zero attached hydrogens (tertiary/aromatic N) is 2. The van der Waals surface area contributed by atoms with E-state index in [4.69, 9.17) is 0 Å². The van der Waals surface area contributed by atoms with Gasteiger partial charge in [-0.1, -0.05) is 13.8 Å². The van der Waals surface area contributed by atoms with Crippen LogP contribution in [0.15, 0.2) is 15.8 Å². The van der Waals surface area contributed by atoms with Gasteiger partial charge in [0.25, 0.3) is 0 Å². The van der Waals surface area contributed by atoms with Gasteiger partial charge in [-0.25, -0.2) is 4.79 Å². The lowest BCUT2D eigenvalue weighted by atomic mass is 10.3. The Morgan fingerprint density at radius 3 is 2.72 bits per heavy atom. The largest absolute Gasteiger partial charge is 0.350 e. The minimum atomic E-state index is -0.971. The Balaban J connectivity index is 2.77. The van der Waals surface area contributed by atoms with Gasteiger partial charge in [-0.05, 0) is 13.0 Å². The second-order valence-electron chi connectivity index (χ2n) is 4.19. The van der Waals surface area contributed by atoms with Crippen LogP contribution in [0.3, 0.4) is 0 Å². The molecule has 2 N–H and O–H groups in total. The first-order chi connectivity index (χ1) is 8.41. The maximum absolute atomic E-state index is 11.4. The quantitative estimate of drug-likeness (QED) is 0.417. The minimum Gasteiger partial charge on any atom is -0.314 e. The third kappa shape index (κ3) is 3.81. The third-order valence-corrected chi connectivity index (χ3v) is 2.32. The van der Waals surface area contributed by atoms with Crippen molar-refractivity contribution in [3.8, 4) is 0 Å². The molecular formula is C10H16N4O4. The lowest BCUT2D eigenvalue weighted by molar-refractivity contribution is -0.386. The highest BCUT2D eigenvalue weighted by atomic mass is 16.6. The summed E-state index contributed by atoms with van der Waals surface area (Å²) in [7, 11) is 0. The van der Waals surface area contributed by atoms with Crippen molar-refractivity contribution in [2.45, 2.75) is 32.9 Å². The third-order valence-electron chi connectivity index (χ3n) is 2.32. The van der Waals surface area contributed by atoms with Gasteiger partial charge < -0.3 is 5.32 Å². The first-order valence-corrected chi connectivity index (χ1v) is 5.63. The fourth-order valence-electron chi connectivity index (χ4n) is 1.43. The van der Waals surface area contributed by atoms with Crippen LogP contribution < -0.4 is 16.6 Å². The Kier molecular flexibility index (Phi) is 4.78. The van der Waals surface area contributed by atoms with Crippen LogP contribution in [0.4, 0.5) is 5.69 Å². The van der Waals surface area contributed by atoms with E-state index in [1.165, 1.54) is 0 Å². The highest BCUT2D eigenvalue weighted by molar-refractivity contribution is 5.20. The second kappa shape index (κ2) is 6.10. The number of aryl methyl sites for hydroxylation is 1. The van der Waals surface area contributed by atoms with E-state index in [1.54, 1.807) is 0 Å². The van der Waals surface area contributed by atoms with Gasteiger partial charge in [0.05, 0.1) is 11.1 Å². The molecule has 8 heteroatoms. The summed E-state index contributed by atoms with van der Waals surface area (Å²) in [4.78, 5) is 34.2. The van der Waals surface area contributed by atoms with E-state index in [0.717, 1.165) is 10.8 Å². The van der Waals surface area contributed by atoms with Crippen molar-refractivity contribution < 1.29 is 4.92 Å². The Morgan fingerprint density at radius 2 is 2.17 bits per heavy atom. The van der Waals surface area contributed by atoms with Gasteiger partial charge in [0.2, 0.25) is 0 Å². The van der Waals surface area contributed by atoms with Crippen LogP contribution in [0.25, 0.3) is 0 Å². The number of aromatic amines is 1. The molecule has 1 aromatic heterocycles. The molecule has 0 spiro atoms. The van der Waals surface area contributed by atoms with Crippen LogP contribution in [0.2, 0.25) is 0 Å². The van der Waals surface area contributed by atoms with Gasteiger partial charge in [-0.3, -0.25) is 24.5 Å². The Hall–Kier alpha value is -1.96. The van der Waals surface area contributed by atoms with Crippen molar-refractivity contribution in [2.75, 3.05) is 6.54 Å². The maximum Gasteiger partial charge on any atom is 0.350 e. The molecule has 18 heavy (non-hydrogen) atoms. The summed E-state index contributed by atoms with van der Waals surface area (Å²) in [6.07, 6.45) is 1.62. The number of nitrogens with one attached hydrogen (secondary N) is 2. The van der Waals surface area contributed by atoms with Gasteiger partial charge in [-0.2, -0.15) is 0 Å². The van der Waals surface area contributed by atoms with E-state index < -0.39 is 21.9 Å². The van der Waals surface area contributed by atoms with Crippen LogP contribution in [0.1, 0.15) is 20.3 Å². The molecule has 1 aromatic rings. The van der Waals surface area contributed by atoms with E-state index in [2.05, 4.69) is 5.32 Å². The van der Waals surface area contributed by atoms with Crippen molar-refractivity contribution in [1.29, 1.82) is 0 Å². The molecule has 100 valence electrons. The first kappa shape index (κ1) is 14.1. The summed E-state index contributed by atoms with van der Waals surface area (Å²) in [6.45, 7) is 5.00. The average molecular weight is 256 g/mol. The minimum absolute atomic E-state index is 0.316. The molecule has 1 rings (SSSR count). The molecule has 0 saturated heterocycles. The van der Waals surface area contributed by atoms with Gasteiger partial charge in [-0.15, -0.1) is 0 Å². The highest BCUT2D eigenvalue weighted by Gasteiger charge is 2.14. The van der Waals surface area contributed by atoms with Gasteiger partial charge in [0.15, 0.2) is 0 Å². The monoisotopic (exact) mass is 256 g/mol. The molecule has 0 aliphatic rings. The molecular weight excluding hydrogens is 240 g/mol. The topological polar surface area (TPSA) is 110 Å². The van der Waals surface area contributed by atoms with Gasteiger partial charge >= 0.3 is 16.9 Å². The van der Waals surface area contributed by atoms with Gasteiger partial charge in [0, 0.05) is 12.6 Å². The summed E-state index contributed by atoms with van der Waals surface area (Å²) in [5.74, 6) is 0. The molecule has 0 amide bonds. The summed E-state index contributed by atoms with van der Waals surface area (Å²) in [6, 6.07) is 0.339. The molecule has 8 nitrogen and oxygen atoms in total. The number of aromatic nitrogens is 2. The van der Waals surface area contributed by atoms with Crippen molar-refractivity contribution in [2.24, 2.45) is 0 Å². The zero-order valence-corrected chi connectivity index (χ0v) is 10.3. The number of hydrogen-bond donors (Lipinski definition) is 2. The number of nitro groups is 1. The molecule has 0 aliphatic heterocycles. The lowest BCUT2D eigenvalue weighted by Gasteiger charge is -2.08. The smallest absolute Gasteiger partial charge is 0.314 e. The summed E-state index contributed by atoms with van der Waals surface area (Å²) < 4.78 is 1.14. The highest BCUT2D eigenvalue weighted by Crippen LogP contribution is 1.99. The summed E-state index contributed by atoms with van der Waals surface area (Å²) in [5.41, 5.74) is -2.22. The van der Waals surface area contributed by atoms with Crippen LogP contribution in [0.5, 0.6) is 0 Å². The van der Waals surface area contributed by atoms with Crippen molar-refractivity contribution >= 4 is 5.69 Å². The van der Waals surface area contributed by atoms with E-state index >= 15 is 0 Å². The van der Waals surface area contributed by atoms with Crippen LogP contribution in [-0.4, -0.2) is 27.1 Å². The second-order valence-corrected chi connectivity index (χ2v) is 4.19. The molecule has 0 aromatic carbocycles. The fourth-order valence-corrected chi connectivity index (χ4v) is 1.43. The standard InChI is InChI=1S/C10H16N4O4/c1-7(2)11-4-3-5-13-6-8(14(17)18)9(15)12-10(13)16/h6-7,11H,3-5H2,1-2H3,(H,12,15,16). The van der Waals surface area contributed by atoms with Crippen LogP contribution in [-0.2, 0) is 6.54 Å². The molecule has 0 bridgehead atoms. The van der Waals surface area contributed by atoms with E-state index in [0.29, 0.717) is 25.6 Å². The van der Waals surface area contributed by atoms with E-state index in [-0.39, 0.29) is 0 Å². The Labute approximate surface area is 103 Å². The number of H-pyrrole nitrogens is 1. The Bertz CT molecular complexity index is 531. The molecule has 0 atom stereocenters. The van der Waals surface area contributed by atoms with E-state index in [9.17, 15) is 19.7 Å². The lowest BCUT2D eigenvalue weighted by Crippen LogP contribution is -2.32. The van der Waals surface area contributed by atoms with Crippen molar-refractivity contribution in [3.63, 3.8) is 0 Å². The average Bonchev–Trinajstić information content (AvgIpc) is 2.25. The zero-order valence-electron chi connectivity index (χ0n) is 10.3. The number of hydrogen-bond acceptors (Lipinski definition) is 5. The molecule has 0 saturated carbocycles. The normalized spacial score (nSPS) is 10.8. The van der Waals surface area contributed by atoms with Crippen LogP contribution >= 0.6 is 0 Å². The predicted molar refractivity (Wildman–Crippen MR) is 65.7 cm³/mol. The van der Waals surface area contributed by atoms with Gasteiger partial charge in [0.1, 0.15) is 0 Å². The molecule has 0 fully saturated rings.